The lowest BCUT2D eigenvalue weighted by Crippen LogP contribution is -2.32. The minimum atomic E-state index is -0.437. The predicted octanol–water partition coefficient (Wildman–Crippen LogP) is 2.24. The molecule has 0 radical (unpaired) electrons. The van der Waals surface area contributed by atoms with E-state index >= 15 is 0 Å². The zero-order valence-corrected chi connectivity index (χ0v) is 14.9. The molecule has 0 saturated heterocycles. The van der Waals surface area contributed by atoms with E-state index in [0.29, 0.717) is 6.42 Å². The number of hydrogen-bond acceptors (Lipinski definition) is 6. The summed E-state index contributed by atoms with van der Waals surface area (Å²) < 4.78 is 10.3. The molecule has 0 spiro atoms. The number of nitrogens with one attached hydrogen (secondary N) is 1. The Morgan fingerprint density at radius 2 is 2.04 bits per heavy atom. The second kappa shape index (κ2) is 8.98. The molecule has 1 aromatic heterocycles. The summed E-state index contributed by atoms with van der Waals surface area (Å²) in [5.74, 6) is -0.352. The lowest BCUT2D eigenvalue weighted by atomic mass is 10.1. The van der Waals surface area contributed by atoms with Crippen LogP contribution in [0.15, 0.2) is 42.6 Å². The number of methoxy groups -OCH3 is 1. The van der Waals surface area contributed by atoms with E-state index in [0.717, 1.165) is 5.56 Å². The van der Waals surface area contributed by atoms with Crippen molar-refractivity contribution < 1.29 is 19.4 Å². The average molecular weight is 360 g/mol. The molecule has 0 fully saturated rings. The molecular weight excluding hydrogens is 340 g/mol. The van der Waals surface area contributed by atoms with Crippen LogP contribution < -0.4 is 10.1 Å². The van der Waals surface area contributed by atoms with Gasteiger partial charge in [0.15, 0.2) is 11.5 Å². The molecule has 132 valence electrons. The van der Waals surface area contributed by atoms with E-state index in [1.54, 1.807) is 0 Å². The fraction of sp³-hybridized carbons (Fsp3) is 0.278. The lowest BCUT2D eigenvalue weighted by molar-refractivity contribution is -0.146. The smallest absolute Gasteiger partial charge is 0.325 e. The Bertz CT molecular complexity index is 737. The van der Waals surface area contributed by atoms with Crippen molar-refractivity contribution in [3.8, 4) is 11.5 Å². The summed E-state index contributed by atoms with van der Waals surface area (Å²) >= 11 is 5.16. The van der Waals surface area contributed by atoms with Crippen LogP contribution in [0.5, 0.6) is 11.5 Å². The number of benzene rings is 1. The van der Waals surface area contributed by atoms with Gasteiger partial charge >= 0.3 is 5.97 Å². The van der Waals surface area contributed by atoms with Crippen molar-refractivity contribution in [2.45, 2.75) is 19.4 Å². The van der Waals surface area contributed by atoms with Gasteiger partial charge in [-0.25, -0.2) is 4.98 Å². The maximum absolute atomic E-state index is 11.9. The molecule has 1 aromatic carbocycles. The van der Waals surface area contributed by atoms with Crippen LogP contribution in [0.3, 0.4) is 0 Å². The first-order valence-electron chi connectivity index (χ1n) is 7.74. The number of carbonyl (C=O) groups is 1. The number of aromatic hydroxyl groups is 1. The maximum atomic E-state index is 11.9. The second-order valence-electron chi connectivity index (χ2n) is 5.38. The molecular formula is C18H20N2O4S. The number of hydrogen-bond donors (Lipinski definition) is 2. The zero-order chi connectivity index (χ0) is 18.2. The van der Waals surface area contributed by atoms with Crippen molar-refractivity contribution >= 4 is 23.2 Å². The standard InChI is InChI=1S/C18H20N2O4S/c1-12(10-13-6-4-3-5-7-13)24-15(21)11-20-18(25)16-17(22)14(23-2)8-9-19-16/h3-9,12,22H,10-11H2,1-2H3,(H,20,25). The first kappa shape index (κ1) is 18.7. The average Bonchev–Trinajstić information content (AvgIpc) is 2.60. The number of ether oxygens (including phenoxy) is 2. The summed E-state index contributed by atoms with van der Waals surface area (Å²) in [4.78, 5) is 16.1. The summed E-state index contributed by atoms with van der Waals surface area (Å²) in [6, 6.07) is 11.3. The molecule has 0 amide bonds. The Hall–Kier alpha value is -2.67. The fourth-order valence-corrected chi connectivity index (χ4v) is 2.48. The van der Waals surface area contributed by atoms with Crippen molar-refractivity contribution in [2.24, 2.45) is 0 Å². The van der Waals surface area contributed by atoms with Crippen LogP contribution >= 0.6 is 12.2 Å². The van der Waals surface area contributed by atoms with Gasteiger partial charge in [-0.2, -0.15) is 0 Å². The molecule has 0 aliphatic rings. The molecule has 0 aliphatic carbocycles. The Morgan fingerprint density at radius 3 is 2.72 bits per heavy atom. The topological polar surface area (TPSA) is 80.7 Å². The van der Waals surface area contributed by atoms with E-state index in [9.17, 15) is 9.90 Å². The summed E-state index contributed by atoms with van der Waals surface area (Å²) in [7, 11) is 1.43. The van der Waals surface area contributed by atoms with Crippen LogP contribution in [-0.4, -0.2) is 40.8 Å². The number of nitrogens with zero attached hydrogens (tertiary/aromatic N) is 1. The lowest BCUT2D eigenvalue weighted by Gasteiger charge is -2.14. The SMILES string of the molecule is COc1ccnc(C(=S)NCC(=O)OC(C)Cc2ccccc2)c1O. The van der Waals surface area contributed by atoms with Crippen LogP contribution in [0.4, 0.5) is 0 Å². The van der Waals surface area contributed by atoms with Gasteiger partial charge in [0.1, 0.15) is 23.3 Å². The number of aromatic nitrogens is 1. The van der Waals surface area contributed by atoms with Crippen molar-refractivity contribution in [3.63, 3.8) is 0 Å². The van der Waals surface area contributed by atoms with E-state index in [4.69, 9.17) is 21.7 Å². The molecule has 6 nitrogen and oxygen atoms in total. The van der Waals surface area contributed by atoms with Crippen molar-refractivity contribution in [1.82, 2.24) is 10.3 Å². The molecule has 1 heterocycles. The van der Waals surface area contributed by atoms with Gasteiger partial charge in [0, 0.05) is 18.7 Å². The number of esters is 1. The van der Waals surface area contributed by atoms with Crippen LogP contribution in [0.2, 0.25) is 0 Å². The van der Waals surface area contributed by atoms with Crippen molar-refractivity contribution in [3.05, 3.63) is 53.9 Å². The molecule has 2 aromatic rings. The van der Waals surface area contributed by atoms with Gasteiger partial charge in [0.05, 0.1) is 7.11 Å². The van der Waals surface area contributed by atoms with Gasteiger partial charge in [0.2, 0.25) is 0 Å². The first-order valence-corrected chi connectivity index (χ1v) is 8.15. The molecule has 2 rings (SSSR count). The van der Waals surface area contributed by atoms with Crippen LogP contribution in [-0.2, 0) is 16.0 Å². The molecule has 0 aliphatic heterocycles. The molecule has 1 atom stereocenters. The summed E-state index contributed by atoms with van der Waals surface area (Å²) in [6.45, 7) is 1.72. The van der Waals surface area contributed by atoms with E-state index < -0.39 is 5.97 Å². The molecule has 7 heteroatoms. The summed E-state index contributed by atoms with van der Waals surface area (Å²) in [6.07, 6.45) is 1.84. The fourth-order valence-electron chi connectivity index (χ4n) is 2.26. The van der Waals surface area contributed by atoms with Crippen molar-refractivity contribution in [2.75, 3.05) is 13.7 Å². The van der Waals surface area contributed by atoms with Gasteiger partial charge < -0.3 is 19.9 Å². The summed E-state index contributed by atoms with van der Waals surface area (Å²) in [5.41, 5.74) is 1.25. The second-order valence-corrected chi connectivity index (χ2v) is 5.79. The maximum Gasteiger partial charge on any atom is 0.325 e. The zero-order valence-electron chi connectivity index (χ0n) is 14.1. The minimum absolute atomic E-state index is 0.115. The summed E-state index contributed by atoms with van der Waals surface area (Å²) in [5, 5.41) is 12.7. The van der Waals surface area contributed by atoms with E-state index in [-0.39, 0.29) is 34.8 Å². The predicted molar refractivity (Wildman–Crippen MR) is 97.9 cm³/mol. The number of rotatable bonds is 7. The van der Waals surface area contributed by atoms with E-state index in [1.165, 1.54) is 19.4 Å². The van der Waals surface area contributed by atoms with Gasteiger partial charge in [0.25, 0.3) is 0 Å². The Kier molecular flexibility index (Phi) is 6.71. The van der Waals surface area contributed by atoms with Gasteiger partial charge in [-0.3, -0.25) is 4.79 Å². The Balaban J connectivity index is 1.84. The third kappa shape index (κ3) is 5.42. The number of pyridine rings is 1. The monoisotopic (exact) mass is 360 g/mol. The number of thiocarbonyl (C=S) groups is 1. The molecule has 2 N–H and O–H groups in total. The van der Waals surface area contributed by atoms with E-state index in [1.807, 2.05) is 37.3 Å². The Morgan fingerprint density at radius 1 is 1.32 bits per heavy atom. The molecule has 1 unspecified atom stereocenters. The van der Waals surface area contributed by atoms with Gasteiger partial charge in [-0.05, 0) is 12.5 Å². The van der Waals surface area contributed by atoms with Crippen molar-refractivity contribution in [1.29, 1.82) is 0 Å². The minimum Gasteiger partial charge on any atom is -0.503 e. The highest BCUT2D eigenvalue weighted by atomic mass is 32.1. The van der Waals surface area contributed by atoms with Gasteiger partial charge in [-0.15, -0.1) is 0 Å². The first-order chi connectivity index (χ1) is 12.0. The highest BCUT2D eigenvalue weighted by molar-refractivity contribution is 7.80. The largest absolute Gasteiger partial charge is 0.503 e. The highest BCUT2D eigenvalue weighted by Gasteiger charge is 2.15. The normalized spacial score (nSPS) is 11.4. The quantitative estimate of drug-likeness (QED) is 0.579. The highest BCUT2D eigenvalue weighted by Crippen LogP contribution is 2.27. The molecule has 25 heavy (non-hydrogen) atoms. The van der Waals surface area contributed by atoms with Crippen LogP contribution in [0.25, 0.3) is 0 Å². The van der Waals surface area contributed by atoms with E-state index in [2.05, 4.69) is 10.3 Å². The van der Waals surface area contributed by atoms with Crippen LogP contribution in [0, 0.1) is 0 Å². The molecule has 0 saturated carbocycles. The Labute approximate surface area is 151 Å². The molecule has 0 bridgehead atoms. The third-order valence-electron chi connectivity index (χ3n) is 3.41. The van der Waals surface area contributed by atoms with Crippen LogP contribution in [0.1, 0.15) is 18.2 Å². The third-order valence-corrected chi connectivity index (χ3v) is 3.75. The van der Waals surface area contributed by atoms with Gasteiger partial charge in [-0.1, -0.05) is 42.5 Å². The number of carbonyl (C=O) groups excluding carboxylic acids is 1.